The Labute approximate surface area is 267 Å². The van der Waals surface area contributed by atoms with E-state index in [0.29, 0.717) is 44.7 Å². The third-order valence-corrected chi connectivity index (χ3v) is 7.16. The van der Waals surface area contributed by atoms with E-state index in [2.05, 4.69) is 21.3 Å². The molecule has 228 valence electrons. The molecule has 0 spiro atoms. The molecular weight excluding hydrogens is 619 g/mol. The summed E-state index contributed by atoms with van der Waals surface area (Å²) in [4.78, 5) is 35.0. The molecular formula is C33H26Cl2N4O6. The Hall–Kier alpha value is -5.45. The number of fused-ring (bicyclic) bond motifs is 2. The van der Waals surface area contributed by atoms with Gasteiger partial charge >= 0.3 is 5.97 Å². The van der Waals surface area contributed by atoms with Crippen LogP contribution < -0.4 is 26.0 Å². The van der Waals surface area contributed by atoms with E-state index in [1.165, 1.54) is 24.4 Å². The van der Waals surface area contributed by atoms with E-state index in [-0.39, 0.29) is 23.1 Å². The maximum absolute atomic E-state index is 12.0. The van der Waals surface area contributed by atoms with Crippen LogP contribution in [-0.2, 0) is 9.59 Å². The molecule has 6 rings (SSSR count). The number of ether oxygens (including phenoxy) is 1. The van der Waals surface area contributed by atoms with Crippen LogP contribution in [0.15, 0.2) is 91.3 Å². The number of anilines is 4. The predicted octanol–water partition coefficient (Wildman–Crippen LogP) is 7.29. The molecule has 0 radical (unpaired) electrons. The molecule has 0 fully saturated rings. The fourth-order valence-corrected chi connectivity index (χ4v) is 4.87. The number of carboxylic acids is 1. The first-order valence-corrected chi connectivity index (χ1v) is 14.3. The molecule has 10 nitrogen and oxygen atoms in total. The first-order chi connectivity index (χ1) is 21.6. The van der Waals surface area contributed by atoms with E-state index >= 15 is 0 Å². The second-order valence-electron chi connectivity index (χ2n) is 9.69. The van der Waals surface area contributed by atoms with Gasteiger partial charge in [0.15, 0.2) is 0 Å². The molecule has 6 N–H and O–H groups in total. The molecule has 4 aromatic carbocycles. The van der Waals surface area contributed by atoms with Gasteiger partial charge in [0.05, 0.1) is 17.8 Å². The topological polar surface area (TPSA) is 149 Å². The second kappa shape index (κ2) is 13.5. The number of rotatable bonds is 7. The summed E-state index contributed by atoms with van der Waals surface area (Å²) >= 11 is 11.9. The average molecular weight is 645 g/mol. The van der Waals surface area contributed by atoms with Crippen molar-refractivity contribution < 1.29 is 29.3 Å². The summed E-state index contributed by atoms with van der Waals surface area (Å²) in [5.74, 6) is -1.18. The molecule has 2 aliphatic rings. The maximum Gasteiger partial charge on any atom is 0.339 e. The van der Waals surface area contributed by atoms with Gasteiger partial charge in [-0.1, -0.05) is 23.2 Å². The van der Waals surface area contributed by atoms with Crippen LogP contribution in [0.5, 0.6) is 11.5 Å². The number of hydrogen-bond donors (Lipinski definition) is 6. The first kappa shape index (κ1) is 31.0. The van der Waals surface area contributed by atoms with Crippen molar-refractivity contribution in [1.29, 1.82) is 0 Å². The van der Waals surface area contributed by atoms with Gasteiger partial charge in [0.2, 0.25) is 0 Å². The summed E-state index contributed by atoms with van der Waals surface area (Å²) in [5.41, 5.74) is 4.91. The summed E-state index contributed by atoms with van der Waals surface area (Å²) in [6.45, 7) is 2.58. The fourth-order valence-electron chi connectivity index (χ4n) is 4.53. The lowest BCUT2D eigenvalue weighted by Crippen LogP contribution is -2.05. The standard InChI is InChI=1S/C17H15ClN2O2.C16H11ClN2O4/c1-2-22-13-6-4-12(5-7-13)19-10-15-14-9-11(18)3-8-16(14)20-17(15)21;17-8-1-3-13-10(5-8)12(15(21)19-13)7-18-9-2-4-14(20)11(6-9)16(22)23/h3-10,19H,2H2,1H3,(H,20,21);1-7,18,20H,(H,19,21)(H,22,23). The number of phenols is 1. The Kier molecular flexibility index (Phi) is 9.27. The van der Waals surface area contributed by atoms with Gasteiger partial charge in [0.25, 0.3) is 11.8 Å². The molecule has 0 bridgehead atoms. The number of nitrogens with one attached hydrogen (secondary N) is 4. The summed E-state index contributed by atoms with van der Waals surface area (Å²) in [5, 5.41) is 31.1. The lowest BCUT2D eigenvalue weighted by Gasteiger charge is -2.05. The third-order valence-electron chi connectivity index (χ3n) is 6.69. The number of carbonyl (C=O) groups excluding carboxylic acids is 2. The van der Waals surface area contributed by atoms with Crippen LogP contribution in [0.2, 0.25) is 10.0 Å². The SMILES string of the molecule is CCOc1ccc(NC=C2C(=O)Nc3ccc(Cl)cc32)cc1.O=C1Nc2ccc(Cl)cc2C1=CNc1ccc(O)c(C(=O)O)c1. The van der Waals surface area contributed by atoms with E-state index in [0.717, 1.165) is 22.7 Å². The van der Waals surface area contributed by atoms with Gasteiger partial charge in [-0.25, -0.2) is 4.79 Å². The number of hydrogen-bond acceptors (Lipinski definition) is 7. The van der Waals surface area contributed by atoms with E-state index < -0.39 is 5.97 Å². The van der Waals surface area contributed by atoms with Crippen molar-refractivity contribution in [2.24, 2.45) is 0 Å². The molecule has 0 saturated carbocycles. The molecule has 2 heterocycles. The molecule has 4 aromatic rings. The summed E-state index contributed by atoms with van der Waals surface area (Å²) < 4.78 is 5.39. The quantitative estimate of drug-likeness (QED) is 0.0907. The molecule has 12 heteroatoms. The van der Waals surface area contributed by atoms with Crippen LogP contribution in [0.3, 0.4) is 0 Å². The van der Waals surface area contributed by atoms with Crippen molar-refractivity contribution >= 4 is 74.9 Å². The molecule has 2 aliphatic heterocycles. The van der Waals surface area contributed by atoms with E-state index in [1.54, 1.807) is 42.6 Å². The number of amides is 2. The largest absolute Gasteiger partial charge is 0.507 e. The lowest BCUT2D eigenvalue weighted by atomic mass is 10.1. The maximum atomic E-state index is 12.0. The predicted molar refractivity (Wildman–Crippen MR) is 176 cm³/mol. The van der Waals surface area contributed by atoms with Crippen molar-refractivity contribution in [1.82, 2.24) is 0 Å². The minimum Gasteiger partial charge on any atom is -0.507 e. The molecule has 0 atom stereocenters. The normalized spacial score (nSPS) is 14.6. The Morgan fingerprint density at radius 1 is 0.778 bits per heavy atom. The van der Waals surface area contributed by atoms with Crippen molar-refractivity contribution in [3.8, 4) is 11.5 Å². The van der Waals surface area contributed by atoms with Crippen molar-refractivity contribution in [3.63, 3.8) is 0 Å². The van der Waals surface area contributed by atoms with Crippen molar-refractivity contribution in [3.05, 3.63) is 118 Å². The average Bonchev–Trinajstić information content (AvgIpc) is 3.50. The van der Waals surface area contributed by atoms with E-state index in [1.807, 2.05) is 31.2 Å². The summed E-state index contributed by atoms with van der Waals surface area (Å²) in [6, 6.07) is 22.0. The highest BCUT2D eigenvalue weighted by molar-refractivity contribution is 6.35. The highest BCUT2D eigenvalue weighted by Gasteiger charge is 2.25. The lowest BCUT2D eigenvalue weighted by molar-refractivity contribution is -0.111. The van der Waals surface area contributed by atoms with Crippen LogP contribution in [0.1, 0.15) is 28.4 Å². The monoisotopic (exact) mass is 644 g/mol. The molecule has 45 heavy (non-hydrogen) atoms. The van der Waals surface area contributed by atoms with Crippen LogP contribution in [0.4, 0.5) is 22.7 Å². The Morgan fingerprint density at radius 3 is 1.80 bits per heavy atom. The Morgan fingerprint density at radius 2 is 1.29 bits per heavy atom. The van der Waals surface area contributed by atoms with Gasteiger partial charge < -0.3 is 36.2 Å². The Balaban J connectivity index is 0.000000178. The highest BCUT2D eigenvalue weighted by atomic mass is 35.5. The van der Waals surface area contributed by atoms with E-state index in [9.17, 15) is 19.5 Å². The van der Waals surface area contributed by atoms with Crippen molar-refractivity contribution in [2.45, 2.75) is 6.92 Å². The minimum atomic E-state index is -1.24. The van der Waals surface area contributed by atoms with Gasteiger partial charge in [0, 0.05) is 56.3 Å². The number of halogens is 2. The highest BCUT2D eigenvalue weighted by Crippen LogP contribution is 2.35. The number of carboxylic acid groups (broad SMARTS) is 1. The third kappa shape index (κ3) is 7.20. The molecule has 0 unspecified atom stereocenters. The van der Waals surface area contributed by atoms with Crippen molar-refractivity contribution in [2.75, 3.05) is 27.9 Å². The van der Waals surface area contributed by atoms with E-state index in [4.69, 9.17) is 33.0 Å². The van der Waals surface area contributed by atoms with Crippen LogP contribution in [-0.4, -0.2) is 34.6 Å². The molecule has 0 aromatic heterocycles. The Bertz CT molecular complexity index is 1870. The molecule has 2 amide bonds. The van der Waals surface area contributed by atoms with Gasteiger partial charge in [-0.15, -0.1) is 0 Å². The van der Waals surface area contributed by atoms with Gasteiger partial charge in [-0.05, 0) is 85.8 Å². The smallest absolute Gasteiger partial charge is 0.339 e. The zero-order chi connectivity index (χ0) is 32.1. The van der Waals surface area contributed by atoms with Crippen LogP contribution in [0.25, 0.3) is 11.1 Å². The van der Waals surface area contributed by atoms with Crippen LogP contribution >= 0.6 is 23.2 Å². The zero-order valence-electron chi connectivity index (χ0n) is 23.7. The van der Waals surface area contributed by atoms with Gasteiger partial charge in [0.1, 0.15) is 17.1 Å². The number of aromatic carboxylic acids is 1. The van der Waals surface area contributed by atoms with Gasteiger partial charge in [-0.2, -0.15) is 0 Å². The minimum absolute atomic E-state index is 0.143. The molecule has 0 saturated heterocycles. The zero-order valence-corrected chi connectivity index (χ0v) is 25.2. The van der Waals surface area contributed by atoms with Gasteiger partial charge in [-0.3, -0.25) is 9.59 Å². The fraction of sp³-hybridized carbons (Fsp3) is 0.0606. The van der Waals surface area contributed by atoms with Crippen LogP contribution in [0, 0.1) is 0 Å². The number of aromatic hydroxyl groups is 1. The first-order valence-electron chi connectivity index (χ1n) is 13.6. The summed E-state index contributed by atoms with van der Waals surface area (Å²) in [6.07, 6.45) is 3.16. The second-order valence-corrected chi connectivity index (χ2v) is 10.6. The molecule has 0 aliphatic carbocycles. The summed E-state index contributed by atoms with van der Waals surface area (Å²) in [7, 11) is 0. The number of benzene rings is 4. The number of carbonyl (C=O) groups is 3.